The fraction of sp³-hybridized carbons (Fsp3) is 0.100. The van der Waals surface area contributed by atoms with Crippen molar-refractivity contribution in [3.63, 3.8) is 0 Å². The summed E-state index contributed by atoms with van der Waals surface area (Å²) < 4.78 is 22.0. The van der Waals surface area contributed by atoms with Gasteiger partial charge in [0.1, 0.15) is 5.01 Å². The highest BCUT2D eigenvalue weighted by molar-refractivity contribution is 7.91. The first-order valence-corrected chi connectivity index (χ1v) is 7.47. The first-order valence-electron chi connectivity index (χ1n) is 5.10. The van der Waals surface area contributed by atoms with Crippen LogP contribution in [-0.2, 0) is 14.8 Å². The molecule has 2 aromatic rings. The van der Waals surface area contributed by atoms with E-state index in [1.807, 2.05) is 0 Å². The summed E-state index contributed by atoms with van der Waals surface area (Å²) in [4.78, 5) is 10.9. The SMILES string of the molecule is CC(=O)Nc1ccc(-c2nnc(S(N)(=O)=O)s2)cc1. The molecule has 0 saturated heterocycles. The van der Waals surface area contributed by atoms with Crippen LogP contribution in [0.5, 0.6) is 0 Å². The van der Waals surface area contributed by atoms with E-state index in [1.54, 1.807) is 24.3 Å². The number of benzene rings is 1. The van der Waals surface area contributed by atoms with Gasteiger partial charge in [0, 0.05) is 18.2 Å². The van der Waals surface area contributed by atoms with Gasteiger partial charge in [0.05, 0.1) is 0 Å². The van der Waals surface area contributed by atoms with Gasteiger partial charge in [0.2, 0.25) is 10.2 Å². The topological polar surface area (TPSA) is 115 Å². The van der Waals surface area contributed by atoms with Crippen molar-refractivity contribution in [3.8, 4) is 10.6 Å². The van der Waals surface area contributed by atoms with E-state index in [-0.39, 0.29) is 10.2 Å². The van der Waals surface area contributed by atoms with Gasteiger partial charge in [-0.25, -0.2) is 13.6 Å². The Morgan fingerprint density at radius 3 is 2.37 bits per heavy atom. The Morgan fingerprint density at radius 1 is 1.26 bits per heavy atom. The van der Waals surface area contributed by atoms with Gasteiger partial charge in [-0.1, -0.05) is 11.3 Å². The maximum atomic E-state index is 11.1. The number of hydrogen-bond donors (Lipinski definition) is 2. The molecule has 1 amide bonds. The molecule has 7 nitrogen and oxygen atoms in total. The lowest BCUT2D eigenvalue weighted by Crippen LogP contribution is -2.11. The summed E-state index contributed by atoms with van der Waals surface area (Å²) in [5, 5.41) is 15.3. The summed E-state index contributed by atoms with van der Waals surface area (Å²) in [7, 11) is -3.83. The number of anilines is 1. The fourth-order valence-electron chi connectivity index (χ4n) is 1.34. The standard InChI is InChI=1S/C10H10N4O3S2/c1-6(15)12-8-4-2-7(3-5-8)9-13-14-10(18-9)19(11,16)17/h2-5H,1H3,(H,12,15)(H2,11,16,17). The lowest BCUT2D eigenvalue weighted by molar-refractivity contribution is -0.114. The van der Waals surface area contributed by atoms with Gasteiger partial charge in [-0.3, -0.25) is 4.79 Å². The summed E-state index contributed by atoms with van der Waals surface area (Å²) in [5.41, 5.74) is 1.34. The monoisotopic (exact) mass is 298 g/mol. The number of nitrogens with one attached hydrogen (secondary N) is 1. The van der Waals surface area contributed by atoms with Crippen LogP contribution in [0.25, 0.3) is 10.6 Å². The molecular formula is C10H10N4O3S2. The number of amides is 1. The number of hydrogen-bond acceptors (Lipinski definition) is 6. The molecule has 2 rings (SSSR count). The van der Waals surface area contributed by atoms with E-state index >= 15 is 0 Å². The van der Waals surface area contributed by atoms with Gasteiger partial charge < -0.3 is 5.32 Å². The van der Waals surface area contributed by atoms with Gasteiger partial charge in [-0.2, -0.15) is 0 Å². The number of nitrogens with two attached hydrogens (primary N) is 1. The van der Waals surface area contributed by atoms with Crippen molar-refractivity contribution in [1.82, 2.24) is 10.2 Å². The van der Waals surface area contributed by atoms with E-state index in [2.05, 4.69) is 15.5 Å². The van der Waals surface area contributed by atoms with E-state index in [0.717, 1.165) is 11.3 Å². The van der Waals surface area contributed by atoms with Crippen molar-refractivity contribution < 1.29 is 13.2 Å². The zero-order valence-corrected chi connectivity index (χ0v) is 11.5. The molecule has 1 heterocycles. The van der Waals surface area contributed by atoms with E-state index in [4.69, 9.17) is 5.14 Å². The fourth-order valence-corrected chi connectivity index (χ4v) is 2.78. The highest BCUT2D eigenvalue weighted by atomic mass is 32.2. The molecule has 0 bridgehead atoms. The van der Waals surface area contributed by atoms with Crippen molar-refractivity contribution in [3.05, 3.63) is 24.3 Å². The van der Waals surface area contributed by atoms with E-state index in [0.29, 0.717) is 16.3 Å². The molecule has 3 N–H and O–H groups in total. The summed E-state index contributed by atoms with van der Waals surface area (Å²) >= 11 is 0.890. The zero-order valence-electron chi connectivity index (χ0n) is 9.82. The second kappa shape index (κ2) is 5.03. The molecule has 9 heteroatoms. The molecule has 1 aromatic carbocycles. The summed E-state index contributed by atoms with van der Waals surface area (Å²) in [6, 6.07) is 6.79. The highest BCUT2D eigenvalue weighted by Gasteiger charge is 2.15. The number of carbonyl (C=O) groups is 1. The second-order valence-electron chi connectivity index (χ2n) is 3.68. The Morgan fingerprint density at radius 2 is 1.89 bits per heavy atom. The molecule has 0 atom stereocenters. The molecule has 0 unspecified atom stereocenters. The lowest BCUT2D eigenvalue weighted by Gasteiger charge is -2.01. The quantitative estimate of drug-likeness (QED) is 0.870. The molecule has 19 heavy (non-hydrogen) atoms. The molecule has 0 fully saturated rings. The van der Waals surface area contributed by atoms with Crippen LogP contribution in [0, 0.1) is 0 Å². The van der Waals surface area contributed by atoms with Gasteiger partial charge in [-0.05, 0) is 24.3 Å². The molecule has 0 radical (unpaired) electrons. The number of primary sulfonamides is 1. The number of carbonyl (C=O) groups excluding carboxylic acids is 1. The molecule has 0 spiro atoms. The van der Waals surface area contributed by atoms with E-state index in [9.17, 15) is 13.2 Å². The van der Waals surface area contributed by atoms with Crippen LogP contribution in [0.3, 0.4) is 0 Å². The predicted molar refractivity (Wildman–Crippen MR) is 71.0 cm³/mol. The van der Waals surface area contributed by atoms with Crippen LogP contribution < -0.4 is 10.5 Å². The van der Waals surface area contributed by atoms with Gasteiger partial charge in [-0.15, -0.1) is 10.2 Å². The van der Waals surface area contributed by atoms with Crippen LogP contribution in [0.1, 0.15) is 6.92 Å². The van der Waals surface area contributed by atoms with Crippen molar-refractivity contribution >= 4 is 33.0 Å². The molecule has 0 aliphatic rings. The average molecular weight is 298 g/mol. The first kappa shape index (κ1) is 13.6. The Bertz CT molecular complexity index is 707. The van der Waals surface area contributed by atoms with Crippen molar-refractivity contribution in [2.24, 2.45) is 5.14 Å². The minimum absolute atomic E-state index is 0.167. The highest BCUT2D eigenvalue weighted by Crippen LogP contribution is 2.26. The molecule has 0 aliphatic carbocycles. The van der Waals surface area contributed by atoms with E-state index < -0.39 is 10.0 Å². The Balaban J connectivity index is 2.28. The van der Waals surface area contributed by atoms with Gasteiger partial charge in [0.15, 0.2) is 0 Å². The van der Waals surface area contributed by atoms with Crippen LogP contribution in [0.2, 0.25) is 0 Å². The second-order valence-corrected chi connectivity index (χ2v) is 6.39. The third kappa shape index (κ3) is 3.34. The third-order valence-corrected chi connectivity index (χ3v) is 4.38. The number of sulfonamides is 1. The summed E-state index contributed by atoms with van der Waals surface area (Å²) in [6.45, 7) is 1.41. The van der Waals surface area contributed by atoms with Crippen molar-refractivity contribution in [2.45, 2.75) is 11.3 Å². The average Bonchev–Trinajstić information content (AvgIpc) is 2.78. The largest absolute Gasteiger partial charge is 0.326 e. The third-order valence-electron chi connectivity index (χ3n) is 2.10. The Labute approximate surface area is 113 Å². The normalized spacial score (nSPS) is 11.3. The maximum absolute atomic E-state index is 11.1. The smallest absolute Gasteiger partial charge is 0.267 e. The molecule has 0 aliphatic heterocycles. The van der Waals surface area contributed by atoms with Crippen molar-refractivity contribution in [2.75, 3.05) is 5.32 Å². The minimum atomic E-state index is -3.83. The molecule has 1 aromatic heterocycles. The molecule has 0 saturated carbocycles. The Hall–Kier alpha value is -1.84. The van der Waals surface area contributed by atoms with Gasteiger partial charge in [0.25, 0.3) is 10.0 Å². The number of nitrogens with zero attached hydrogens (tertiary/aromatic N) is 2. The van der Waals surface area contributed by atoms with Gasteiger partial charge >= 0.3 is 0 Å². The van der Waals surface area contributed by atoms with Crippen molar-refractivity contribution in [1.29, 1.82) is 0 Å². The summed E-state index contributed by atoms with van der Waals surface area (Å²) in [5.74, 6) is -0.167. The Kier molecular flexibility index (Phi) is 3.60. The first-order chi connectivity index (χ1) is 8.86. The summed E-state index contributed by atoms with van der Waals surface area (Å²) in [6.07, 6.45) is 0. The zero-order chi connectivity index (χ0) is 14.0. The molecular weight excluding hydrogens is 288 g/mol. The number of rotatable bonds is 3. The maximum Gasteiger partial charge on any atom is 0.267 e. The molecule has 100 valence electrons. The number of aromatic nitrogens is 2. The van der Waals surface area contributed by atoms with Crippen LogP contribution >= 0.6 is 11.3 Å². The van der Waals surface area contributed by atoms with Crippen LogP contribution in [0.4, 0.5) is 5.69 Å². The predicted octanol–water partition coefficient (Wildman–Crippen LogP) is 0.811. The van der Waals surface area contributed by atoms with Crippen LogP contribution in [-0.4, -0.2) is 24.5 Å². The minimum Gasteiger partial charge on any atom is -0.326 e. The lowest BCUT2D eigenvalue weighted by atomic mass is 10.2. The van der Waals surface area contributed by atoms with E-state index in [1.165, 1.54) is 6.92 Å². The van der Waals surface area contributed by atoms with Crippen LogP contribution in [0.15, 0.2) is 28.6 Å².